The van der Waals surface area contributed by atoms with Crippen molar-refractivity contribution in [1.29, 1.82) is 0 Å². The second-order valence-electron chi connectivity index (χ2n) is 4.27. The molecule has 0 aromatic rings. The number of alkyl halides is 1. The van der Waals surface area contributed by atoms with E-state index in [1.807, 2.05) is 0 Å². The Hall–Kier alpha value is -1.50. The van der Waals surface area contributed by atoms with Crippen molar-refractivity contribution in [3.8, 4) is 0 Å². The maximum atomic E-state index is 11.8. The highest BCUT2D eigenvalue weighted by atomic mass is 35.5. The van der Waals surface area contributed by atoms with Crippen LogP contribution in [0.5, 0.6) is 0 Å². The lowest BCUT2D eigenvalue weighted by Gasteiger charge is -2.36. The predicted molar refractivity (Wildman–Crippen MR) is 64.3 cm³/mol. The fraction of sp³-hybridized carbons (Fsp3) is 0.700. The van der Waals surface area contributed by atoms with Gasteiger partial charge < -0.3 is 15.1 Å². The summed E-state index contributed by atoms with van der Waals surface area (Å²) in [5.74, 6) is -0.188. The van der Waals surface area contributed by atoms with Crippen LogP contribution in [0.25, 0.3) is 0 Å². The molecule has 2 saturated heterocycles. The molecule has 0 spiro atoms. The normalized spacial score (nSPS) is 22.5. The number of rotatable bonds is 2. The predicted octanol–water partition coefficient (Wildman–Crippen LogP) is -0.439. The van der Waals surface area contributed by atoms with Crippen molar-refractivity contribution in [3.63, 3.8) is 0 Å². The molecular formula is C10H15ClN4O3. The first-order valence-electron chi connectivity index (χ1n) is 5.81. The van der Waals surface area contributed by atoms with Crippen molar-refractivity contribution in [2.24, 2.45) is 0 Å². The first-order valence-corrected chi connectivity index (χ1v) is 6.34. The van der Waals surface area contributed by atoms with E-state index >= 15 is 0 Å². The Balaban J connectivity index is 1.86. The zero-order valence-electron chi connectivity index (χ0n) is 9.82. The molecular weight excluding hydrogens is 260 g/mol. The SMILES string of the molecule is O=C(CCCl)NC(=O)N1CCN2C(=O)NCC2C1. The lowest BCUT2D eigenvalue weighted by atomic mass is 10.2. The number of piperazine rings is 1. The third-order valence-electron chi connectivity index (χ3n) is 3.09. The smallest absolute Gasteiger partial charge is 0.324 e. The number of carbonyl (C=O) groups excluding carboxylic acids is 3. The zero-order valence-corrected chi connectivity index (χ0v) is 10.6. The quantitative estimate of drug-likeness (QED) is 0.670. The molecule has 2 heterocycles. The molecule has 0 aliphatic carbocycles. The van der Waals surface area contributed by atoms with Gasteiger partial charge in [0, 0.05) is 38.5 Å². The molecule has 7 nitrogen and oxygen atoms in total. The van der Waals surface area contributed by atoms with Crippen molar-refractivity contribution >= 4 is 29.6 Å². The lowest BCUT2D eigenvalue weighted by Crippen LogP contribution is -2.56. The summed E-state index contributed by atoms with van der Waals surface area (Å²) in [5.41, 5.74) is 0. The topological polar surface area (TPSA) is 81.8 Å². The minimum Gasteiger partial charge on any atom is -0.336 e. The van der Waals surface area contributed by atoms with Crippen LogP contribution < -0.4 is 10.6 Å². The Morgan fingerprint density at radius 3 is 2.94 bits per heavy atom. The molecule has 0 aromatic carbocycles. The van der Waals surface area contributed by atoms with Crippen LogP contribution >= 0.6 is 11.6 Å². The molecule has 1 unspecified atom stereocenters. The minimum atomic E-state index is -0.413. The van der Waals surface area contributed by atoms with Crippen molar-refractivity contribution < 1.29 is 14.4 Å². The molecule has 0 radical (unpaired) electrons. The van der Waals surface area contributed by atoms with Crippen molar-refractivity contribution in [2.45, 2.75) is 12.5 Å². The Morgan fingerprint density at radius 2 is 2.22 bits per heavy atom. The van der Waals surface area contributed by atoms with Gasteiger partial charge in [0.05, 0.1) is 6.04 Å². The monoisotopic (exact) mass is 274 g/mol. The van der Waals surface area contributed by atoms with E-state index in [-0.39, 0.29) is 30.3 Å². The van der Waals surface area contributed by atoms with E-state index in [0.717, 1.165) is 0 Å². The van der Waals surface area contributed by atoms with Crippen LogP contribution in [0.15, 0.2) is 0 Å². The van der Waals surface area contributed by atoms with Crippen LogP contribution in [0.4, 0.5) is 9.59 Å². The van der Waals surface area contributed by atoms with Crippen LogP contribution in [0.1, 0.15) is 6.42 Å². The van der Waals surface area contributed by atoms with E-state index in [9.17, 15) is 14.4 Å². The van der Waals surface area contributed by atoms with Gasteiger partial charge in [0.1, 0.15) is 0 Å². The second kappa shape index (κ2) is 5.43. The van der Waals surface area contributed by atoms with E-state index in [1.54, 1.807) is 9.80 Å². The maximum Gasteiger partial charge on any atom is 0.324 e. The second-order valence-corrected chi connectivity index (χ2v) is 4.65. The van der Waals surface area contributed by atoms with Gasteiger partial charge in [-0.1, -0.05) is 0 Å². The first kappa shape index (κ1) is 12.9. The number of nitrogens with one attached hydrogen (secondary N) is 2. The van der Waals surface area contributed by atoms with E-state index in [0.29, 0.717) is 26.2 Å². The van der Waals surface area contributed by atoms with Gasteiger partial charge in [-0.3, -0.25) is 10.1 Å². The number of amides is 5. The third kappa shape index (κ3) is 2.66. The molecule has 5 amide bonds. The fourth-order valence-corrected chi connectivity index (χ4v) is 2.31. The summed E-state index contributed by atoms with van der Waals surface area (Å²) in [6.07, 6.45) is 0.122. The van der Waals surface area contributed by atoms with Gasteiger partial charge in [-0.15, -0.1) is 11.6 Å². The number of halogens is 1. The van der Waals surface area contributed by atoms with E-state index in [2.05, 4.69) is 10.6 Å². The highest BCUT2D eigenvalue weighted by molar-refractivity contribution is 6.19. The summed E-state index contributed by atoms with van der Waals surface area (Å²) >= 11 is 5.42. The van der Waals surface area contributed by atoms with Gasteiger partial charge in [0.15, 0.2) is 0 Å². The largest absolute Gasteiger partial charge is 0.336 e. The molecule has 0 aromatic heterocycles. The number of hydrogen-bond donors (Lipinski definition) is 2. The maximum absolute atomic E-state index is 11.8. The summed E-state index contributed by atoms with van der Waals surface area (Å²) in [5, 5.41) is 5.01. The van der Waals surface area contributed by atoms with Gasteiger partial charge in [0.2, 0.25) is 5.91 Å². The molecule has 2 aliphatic rings. The summed E-state index contributed by atoms with van der Waals surface area (Å²) < 4.78 is 0. The number of carbonyl (C=O) groups is 3. The Kier molecular flexibility index (Phi) is 3.90. The van der Waals surface area contributed by atoms with Gasteiger partial charge in [-0.25, -0.2) is 9.59 Å². The van der Waals surface area contributed by atoms with Crippen LogP contribution in [0.3, 0.4) is 0 Å². The Labute approximate surface area is 109 Å². The van der Waals surface area contributed by atoms with Crippen molar-refractivity contribution in [2.75, 3.05) is 32.1 Å². The number of hydrogen-bond acceptors (Lipinski definition) is 3. The molecule has 2 aliphatic heterocycles. The highest BCUT2D eigenvalue weighted by Gasteiger charge is 2.37. The number of imide groups is 1. The zero-order chi connectivity index (χ0) is 13.1. The Bertz CT molecular complexity index is 376. The van der Waals surface area contributed by atoms with E-state index in [1.165, 1.54) is 0 Å². The van der Waals surface area contributed by atoms with E-state index < -0.39 is 6.03 Å². The highest BCUT2D eigenvalue weighted by Crippen LogP contribution is 2.14. The van der Waals surface area contributed by atoms with Gasteiger partial charge >= 0.3 is 12.1 Å². The van der Waals surface area contributed by atoms with Gasteiger partial charge in [-0.2, -0.15) is 0 Å². The molecule has 0 bridgehead atoms. The summed E-state index contributed by atoms with van der Waals surface area (Å²) in [4.78, 5) is 37.7. The number of nitrogens with zero attached hydrogens (tertiary/aromatic N) is 2. The Morgan fingerprint density at radius 1 is 1.44 bits per heavy atom. The summed E-state index contributed by atoms with van der Waals surface area (Å²) in [7, 11) is 0. The van der Waals surface area contributed by atoms with Crippen molar-refractivity contribution in [1.82, 2.24) is 20.4 Å². The van der Waals surface area contributed by atoms with E-state index in [4.69, 9.17) is 11.6 Å². The fourth-order valence-electron chi connectivity index (χ4n) is 2.14. The van der Waals surface area contributed by atoms with Crippen LogP contribution in [-0.2, 0) is 4.79 Å². The molecule has 2 N–H and O–H groups in total. The number of fused-ring (bicyclic) bond motifs is 1. The molecule has 0 saturated carbocycles. The molecule has 2 fully saturated rings. The molecule has 100 valence electrons. The number of urea groups is 2. The van der Waals surface area contributed by atoms with Crippen LogP contribution in [0.2, 0.25) is 0 Å². The molecule has 1 atom stereocenters. The standard InChI is InChI=1S/C10H15ClN4O3/c11-2-1-8(16)13-10(18)14-3-4-15-7(6-14)5-12-9(15)17/h7H,1-6H2,(H,12,17)(H,13,16,18). The minimum absolute atomic E-state index is 0.000119. The average Bonchev–Trinajstić information content (AvgIpc) is 2.71. The van der Waals surface area contributed by atoms with Gasteiger partial charge in [0.25, 0.3) is 0 Å². The van der Waals surface area contributed by atoms with Gasteiger partial charge in [-0.05, 0) is 0 Å². The summed E-state index contributed by atoms with van der Waals surface area (Å²) in [6, 6.07) is -0.498. The van der Waals surface area contributed by atoms with Crippen LogP contribution in [-0.4, -0.2) is 65.9 Å². The third-order valence-corrected chi connectivity index (χ3v) is 3.28. The molecule has 18 heavy (non-hydrogen) atoms. The molecule has 8 heteroatoms. The lowest BCUT2D eigenvalue weighted by molar-refractivity contribution is -0.119. The average molecular weight is 275 g/mol. The first-order chi connectivity index (χ1) is 8.61. The van der Waals surface area contributed by atoms with Crippen molar-refractivity contribution in [3.05, 3.63) is 0 Å². The van der Waals surface area contributed by atoms with Crippen LogP contribution in [0, 0.1) is 0 Å². The summed E-state index contributed by atoms with van der Waals surface area (Å²) in [6.45, 7) is 1.91. The molecule has 2 rings (SSSR count).